The fraction of sp³-hybridized carbons (Fsp3) is 0.222. The molecule has 68 valence electrons. The van der Waals surface area contributed by atoms with Crippen molar-refractivity contribution in [2.24, 2.45) is 0 Å². The molecule has 4 nitrogen and oxygen atoms in total. The maximum absolute atomic E-state index is 11.0. The number of ether oxygens (including phenoxy) is 1. The summed E-state index contributed by atoms with van der Waals surface area (Å²) in [7, 11) is 1.19. The van der Waals surface area contributed by atoms with Crippen molar-refractivity contribution in [1.29, 1.82) is 0 Å². The zero-order valence-corrected chi connectivity index (χ0v) is 7.27. The number of hydrogen-bond donors (Lipinski definition) is 0. The van der Waals surface area contributed by atoms with Gasteiger partial charge in [0.1, 0.15) is 0 Å². The summed E-state index contributed by atoms with van der Waals surface area (Å²) in [5.74, 6) is -1.37. The van der Waals surface area contributed by atoms with E-state index in [-0.39, 0.29) is 6.54 Å². The Kier molecular flexibility index (Phi) is 3.14. The first kappa shape index (κ1) is 9.38. The molecule has 1 aromatic rings. The van der Waals surface area contributed by atoms with Gasteiger partial charge in [0.2, 0.25) is 6.54 Å². The molecule has 0 aromatic carbocycles. The highest BCUT2D eigenvalue weighted by atomic mass is 16.5. The first-order chi connectivity index (χ1) is 6.24. The summed E-state index contributed by atoms with van der Waals surface area (Å²) in [6.07, 6.45) is 3.42. The third kappa shape index (κ3) is 2.66. The van der Waals surface area contributed by atoms with Crippen LogP contribution in [0.4, 0.5) is 0 Å². The lowest BCUT2D eigenvalue weighted by molar-refractivity contribution is -0.683. The third-order valence-electron chi connectivity index (χ3n) is 1.52. The number of esters is 1. The van der Waals surface area contributed by atoms with Crippen molar-refractivity contribution in [3.05, 3.63) is 30.6 Å². The quantitative estimate of drug-likeness (QED) is 0.365. The van der Waals surface area contributed by atoms with Gasteiger partial charge in [-0.15, -0.1) is 0 Å². The van der Waals surface area contributed by atoms with Gasteiger partial charge in [-0.3, -0.25) is 4.79 Å². The van der Waals surface area contributed by atoms with Crippen LogP contribution in [-0.2, 0) is 20.9 Å². The Morgan fingerprint density at radius 3 is 2.38 bits per heavy atom. The molecule has 4 heteroatoms. The van der Waals surface area contributed by atoms with Crippen LogP contribution in [0.2, 0.25) is 0 Å². The van der Waals surface area contributed by atoms with Gasteiger partial charge >= 0.3 is 11.8 Å². The SMILES string of the molecule is COC(=O)C(=O)C[n+]1ccccc1. The highest BCUT2D eigenvalue weighted by molar-refractivity contribution is 6.33. The maximum Gasteiger partial charge on any atom is 0.381 e. The lowest BCUT2D eigenvalue weighted by atomic mass is 10.4. The summed E-state index contributed by atoms with van der Waals surface area (Å²) in [4.78, 5) is 21.8. The van der Waals surface area contributed by atoms with E-state index in [4.69, 9.17) is 0 Å². The van der Waals surface area contributed by atoms with Crippen LogP contribution in [0.3, 0.4) is 0 Å². The van der Waals surface area contributed by atoms with Crippen molar-refractivity contribution in [3.63, 3.8) is 0 Å². The molecule has 0 N–H and O–H groups in total. The van der Waals surface area contributed by atoms with Gasteiger partial charge in [0.25, 0.3) is 0 Å². The van der Waals surface area contributed by atoms with E-state index in [1.165, 1.54) is 7.11 Å². The molecule has 0 saturated carbocycles. The maximum atomic E-state index is 11.0. The minimum Gasteiger partial charge on any atom is -0.463 e. The van der Waals surface area contributed by atoms with Crippen LogP contribution in [-0.4, -0.2) is 18.9 Å². The predicted octanol–water partition coefficient (Wildman–Crippen LogP) is -0.284. The smallest absolute Gasteiger partial charge is 0.381 e. The standard InChI is InChI=1S/C9H10NO3/c1-13-9(12)8(11)7-10-5-3-2-4-6-10/h2-6H,7H2,1H3/q+1. The number of pyridine rings is 1. The molecule has 0 bridgehead atoms. The minimum atomic E-state index is -0.809. The molecule has 1 rings (SSSR count). The van der Waals surface area contributed by atoms with Crippen LogP contribution in [0, 0.1) is 0 Å². The molecule has 0 spiro atoms. The molecule has 0 saturated heterocycles. The van der Waals surface area contributed by atoms with Crippen LogP contribution in [0.5, 0.6) is 0 Å². The Morgan fingerprint density at radius 1 is 1.23 bits per heavy atom. The number of hydrogen-bond acceptors (Lipinski definition) is 3. The van der Waals surface area contributed by atoms with Crippen LogP contribution in [0.15, 0.2) is 30.6 Å². The largest absolute Gasteiger partial charge is 0.463 e. The Hall–Kier alpha value is -1.71. The van der Waals surface area contributed by atoms with E-state index >= 15 is 0 Å². The minimum absolute atomic E-state index is 0.0213. The highest BCUT2D eigenvalue weighted by Crippen LogP contribution is 1.81. The number of carbonyl (C=O) groups excluding carboxylic acids is 2. The number of Topliss-reactive ketones (excluding diaryl/α,β-unsaturated/α-hetero) is 1. The molecule has 0 fully saturated rings. The Balaban J connectivity index is 2.60. The fourth-order valence-electron chi connectivity index (χ4n) is 0.884. The molecule has 0 aliphatic carbocycles. The van der Waals surface area contributed by atoms with E-state index in [9.17, 15) is 9.59 Å². The van der Waals surface area contributed by atoms with Gasteiger partial charge in [-0.25, -0.2) is 4.79 Å². The summed E-state index contributed by atoms with van der Waals surface area (Å²) >= 11 is 0. The second kappa shape index (κ2) is 4.35. The van der Waals surface area contributed by atoms with Crippen molar-refractivity contribution in [2.75, 3.05) is 7.11 Å². The van der Waals surface area contributed by atoms with Gasteiger partial charge in [0, 0.05) is 12.1 Å². The van der Waals surface area contributed by atoms with Crippen LogP contribution in [0.25, 0.3) is 0 Å². The molecule has 13 heavy (non-hydrogen) atoms. The van der Waals surface area contributed by atoms with Gasteiger partial charge in [-0.05, 0) is 0 Å². The van der Waals surface area contributed by atoms with E-state index in [2.05, 4.69) is 4.74 Å². The van der Waals surface area contributed by atoms with Gasteiger partial charge in [-0.1, -0.05) is 6.07 Å². The molecule has 0 aliphatic rings. The number of methoxy groups -OCH3 is 1. The first-order valence-corrected chi connectivity index (χ1v) is 3.79. The molecule has 0 amide bonds. The predicted molar refractivity (Wildman–Crippen MR) is 43.7 cm³/mol. The lowest BCUT2D eigenvalue weighted by Gasteiger charge is -1.94. The summed E-state index contributed by atoms with van der Waals surface area (Å²) in [6.45, 7) is 0.0213. The molecular formula is C9H10NO3+. The van der Waals surface area contributed by atoms with Gasteiger partial charge in [-0.2, -0.15) is 4.57 Å². The number of aromatic nitrogens is 1. The van der Waals surface area contributed by atoms with E-state index in [0.717, 1.165) is 0 Å². The van der Waals surface area contributed by atoms with Crippen molar-refractivity contribution >= 4 is 11.8 Å². The van der Waals surface area contributed by atoms with Crippen LogP contribution in [0.1, 0.15) is 0 Å². The Labute approximate surface area is 75.8 Å². The van der Waals surface area contributed by atoms with Crippen LogP contribution >= 0.6 is 0 Å². The van der Waals surface area contributed by atoms with Crippen molar-refractivity contribution in [3.8, 4) is 0 Å². The highest BCUT2D eigenvalue weighted by Gasteiger charge is 2.18. The number of ketones is 1. The van der Waals surface area contributed by atoms with E-state index < -0.39 is 11.8 Å². The second-order valence-electron chi connectivity index (χ2n) is 2.46. The van der Waals surface area contributed by atoms with E-state index in [1.807, 2.05) is 6.07 Å². The zero-order valence-electron chi connectivity index (χ0n) is 7.27. The summed E-state index contributed by atoms with van der Waals surface area (Å²) < 4.78 is 5.89. The molecule has 0 unspecified atom stereocenters. The molecule has 1 aromatic heterocycles. The Bertz CT molecular complexity index is 308. The van der Waals surface area contributed by atoms with Gasteiger partial charge in [0.15, 0.2) is 12.4 Å². The average molecular weight is 180 g/mol. The topological polar surface area (TPSA) is 47.3 Å². The lowest BCUT2D eigenvalue weighted by Crippen LogP contribution is -2.39. The summed E-state index contributed by atoms with van der Waals surface area (Å²) in [5, 5.41) is 0. The second-order valence-corrected chi connectivity index (χ2v) is 2.46. The van der Waals surface area contributed by atoms with Crippen molar-refractivity contribution in [2.45, 2.75) is 6.54 Å². The average Bonchev–Trinajstić information content (AvgIpc) is 2.18. The zero-order chi connectivity index (χ0) is 9.68. The third-order valence-corrected chi connectivity index (χ3v) is 1.52. The molecule has 0 atom stereocenters. The van der Waals surface area contributed by atoms with E-state index in [1.54, 1.807) is 29.1 Å². The summed E-state index contributed by atoms with van der Waals surface area (Å²) in [6, 6.07) is 5.40. The van der Waals surface area contributed by atoms with Crippen LogP contribution < -0.4 is 4.57 Å². The summed E-state index contributed by atoms with van der Waals surface area (Å²) in [5.41, 5.74) is 0. The Morgan fingerprint density at radius 2 is 1.85 bits per heavy atom. The number of nitrogens with zero attached hydrogens (tertiary/aromatic N) is 1. The van der Waals surface area contributed by atoms with Gasteiger partial charge < -0.3 is 4.74 Å². The normalized spacial score (nSPS) is 9.31. The van der Waals surface area contributed by atoms with Gasteiger partial charge in [0.05, 0.1) is 7.11 Å². The molecule has 0 radical (unpaired) electrons. The number of rotatable bonds is 3. The number of carbonyl (C=O) groups is 2. The molecular weight excluding hydrogens is 170 g/mol. The van der Waals surface area contributed by atoms with Crippen molar-refractivity contribution < 1.29 is 18.9 Å². The molecule has 1 heterocycles. The first-order valence-electron chi connectivity index (χ1n) is 3.79. The van der Waals surface area contributed by atoms with Crippen molar-refractivity contribution in [1.82, 2.24) is 0 Å². The monoisotopic (exact) mass is 180 g/mol. The van der Waals surface area contributed by atoms with E-state index in [0.29, 0.717) is 0 Å². The fourth-order valence-corrected chi connectivity index (χ4v) is 0.884. The molecule has 0 aliphatic heterocycles.